The SMILES string of the molecule is CCC(C)(CN)C(=O)NCCNC(=O)C(C)C. The van der Waals surface area contributed by atoms with E-state index in [1.54, 1.807) is 0 Å². The van der Waals surface area contributed by atoms with Crippen LogP contribution in [0.15, 0.2) is 0 Å². The van der Waals surface area contributed by atoms with Gasteiger partial charge in [-0.3, -0.25) is 9.59 Å². The summed E-state index contributed by atoms with van der Waals surface area (Å²) in [4.78, 5) is 23.1. The van der Waals surface area contributed by atoms with Gasteiger partial charge in [0, 0.05) is 25.6 Å². The number of carbonyl (C=O) groups excluding carboxylic acids is 2. The van der Waals surface area contributed by atoms with Crippen LogP contribution in [0.5, 0.6) is 0 Å². The molecule has 5 nitrogen and oxygen atoms in total. The van der Waals surface area contributed by atoms with E-state index < -0.39 is 5.41 Å². The van der Waals surface area contributed by atoms with Crippen molar-refractivity contribution in [3.8, 4) is 0 Å². The second kappa shape index (κ2) is 7.27. The molecule has 0 aliphatic carbocycles. The summed E-state index contributed by atoms with van der Waals surface area (Å²) in [6, 6.07) is 0. The Kier molecular flexibility index (Phi) is 6.80. The van der Waals surface area contributed by atoms with Crippen molar-refractivity contribution in [2.24, 2.45) is 17.1 Å². The molecule has 0 bridgehead atoms. The van der Waals surface area contributed by atoms with Crippen LogP contribution in [-0.2, 0) is 9.59 Å². The largest absolute Gasteiger partial charge is 0.354 e. The Hall–Kier alpha value is -1.10. The van der Waals surface area contributed by atoms with Gasteiger partial charge in [0.1, 0.15) is 0 Å². The van der Waals surface area contributed by atoms with E-state index in [9.17, 15) is 9.59 Å². The molecule has 1 unspecified atom stereocenters. The van der Waals surface area contributed by atoms with Gasteiger partial charge < -0.3 is 16.4 Å². The Morgan fingerprint density at radius 2 is 1.76 bits per heavy atom. The summed E-state index contributed by atoms with van der Waals surface area (Å²) in [6.45, 7) is 8.66. The minimum atomic E-state index is -0.512. The first kappa shape index (κ1) is 15.9. The molecular weight excluding hydrogens is 218 g/mol. The van der Waals surface area contributed by atoms with Crippen LogP contribution in [0.2, 0.25) is 0 Å². The van der Waals surface area contributed by atoms with E-state index in [1.165, 1.54) is 0 Å². The highest BCUT2D eigenvalue weighted by Crippen LogP contribution is 2.18. The number of rotatable bonds is 7. The Morgan fingerprint density at radius 1 is 1.24 bits per heavy atom. The van der Waals surface area contributed by atoms with Gasteiger partial charge in [-0.05, 0) is 13.3 Å². The van der Waals surface area contributed by atoms with Gasteiger partial charge in [0.05, 0.1) is 5.41 Å². The first-order chi connectivity index (χ1) is 7.87. The lowest BCUT2D eigenvalue weighted by Crippen LogP contribution is -2.46. The second-order valence-corrected chi connectivity index (χ2v) is 4.82. The lowest BCUT2D eigenvalue weighted by Gasteiger charge is -2.25. The quantitative estimate of drug-likeness (QED) is 0.560. The van der Waals surface area contributed by atoms with Gasteiger partial charge in [-0.15, -0.1) is 0 Å². The van der Waals surface area contributed by atoms with Crippen LogP contribution < -0.4 is 16.4 Å². The van der Waals surface area contributed by atoms with E-state index in [1.807, 2.05) is 27.7 Å². The first-order valence-corrected chi connectivity index (χ1v) is 6.13. The molecule has 0 aromatic heterocycles. The predicted molar refractivity (Wildman–Crippen MR) is 68.3 cm³/mol. The maximum atomic E-state index is 11.8. The fourth-order valence-electron chi connectivity index (χ4n) is 1.18. The van der Waals surface area contributed by atoms with E-state index in [0.29, 0.717) is 26.1 Å². The first-order valence-electron chi connectivity index (χ1n) is 6.13. The van der Waals surface area contributed by atoms with Crippen LogP contribution >= 0.6 is 0 Å². The van der Waals surface area contributed by atoms with Crippen molar-refractivity contribution < 1.29 is 9.59 Å². The third kappa shape index (κ3) is 5.17. The molecule has 0 saturated carbocycles. The van der Waals surface area contributed by atoms with Crippen LogP contribution in [0.4, 0.5) is 0 Å². The molecule has 0 spiro atoms. The van der Waals surface area contributed by atoms with Gasteiger partial charge in [0.15, 0.2) is 0 Å². The Balaban J connectivity index is 3.90. The van der Waals surface area contributed by atoms with Gasteiger partial charge >= 0.3 is 0 Å². The molecule has 2 amide bonds. The average Bonchev–Trinajstić information content (AvgIpc) is 2.32. The normalized spacial score (nSPS) is 14.2. The fraction of sp³-hybridized carbons (Fsp3) is 0.833. The summed E-state index contributed by atoms with van der Waals surface area (Å²) < 4.78 is 0. The van der Waals surface area contributed by atoms with Crippen molar-refractivity contribution in [2.75, 3.05) is 19.6 Å². The van der Waals surface area contributed by atoms with Crippen LogP contribution in [0, 0.1) is 11.3 Å². The monoisotopic (exact) mass is 243 g/mol. The van der Waals surface area contributed by atoms with Crippen LogP contribution in [0.1, 0.15) is 34.1 Å². The molecule has 100 valence electrons. The Labute approximate surface area is 104 Å². The van der Waals surface area contributed by atoms with Crippen molar-refractivity contribution in [1.82, 2.24) is 10.6 Å². The molecule has 17 heavy (non-hydrogen) atoms. The van der Waals surface area contributed by atoms with Gasteiger partial charge in [0.25, 0.3) is 0 Å². The Bertz CT molecular complexity index is 260. The summed E-state index contributed by atoms with van der Waals surface area (Å²) in [7, 11) is 0. The molecule has 4 N–H and O–H groups in total. The van der Waals surface area contributed by atoms with Gasteiger partial charge in [-0.2, -0.15) is 0 Å². The van der Waals surface area contributed by atoms with Crippen molar-refractivity contribution in [3.05, 3.63) is 0 Å². The molecule has 5 heteroatoms. The number of hydrogen-bond acceptors (Lipinski definition) is 3. The molecule has 0 aromatic carbocycles. The highest BCUT2D eigenvalue weighted by atomic mass is 16.2. The average molecular weight is 243 g/mol. The van der Waals surface area contributed by atoms with Crippen LogP contribution in [0.25, 0.3) is 0 Å². The van der Waals surface area contributed by atoms with Crippen LogP contribution in [0.3, 0.4) is 0 Å². The number of hydrogen-bond donors (Lipinski definition) is 3. The minimum absolute atomic E-state index is 0.00340. The third-order valence-corrected chi connectivity index (χ3v) is 3.01. The molecule has 0 rings (SSSR count). The number of carbonyl (C=O) groups is 2. The lowest BCUT2D eigenvalue weighted by atomic mass is 9.87. The molecule has 0 saturated heterocycles. The van der Waals surface area contributed by atoms with Crippen molar-refractivity contribution in [1.29, 1.82) is 0 Å². The number of amides is 2. The summed E-state index contributed by atoms with van der Waals surface area (Å²) in [5.41, 5.74) is 5.07. The van der Waals surface area contributed by atoms with Crippen LogP contribution in [-0.4, -0.2) is 31.4 Å². The third-order valence-electron chi connectivity index (χ3n) is 3.01. The van der Waals surface area contributed by atoms with Crippen molar-refractivity contribution in [3.63, 3.8) is 0 Å². The molecule has 0 aliphatic rings. The van der Waals surface area contributed by atoms with E-state index in [4.69, 9.17) is 5.73 Å². The standard InChI is InChI=1S/C12H25N3O2/c1-5-12(4,8-13)11(17)15-7-6-14-10(16)9(2)3/h9H,5-8,13H2,1-4H3,(H,14,16)(H,15,17). The van der Waals surface area contributed by atoms with E-state index >= 15 is 0 Å². The van der Waals surface area contributed by atoms with E-state index in [-0.39, 0.29) is 17.7 Å². The summed E-state index contributed by atoms with van der Waals surface area (Å²) >= 11 is 0. The zero-order chi connectivity index (χ0) is 13.5. The van der Waals surface area contributed by atoms with E-state index in [2.05, 4.69) is 10.6 Å². The molecule has 0 aliphatic heterocycles. The smallest absolute Gasteiger partial charge is 0.227 e. The minimum Gasteiger partial charge on any atom is -0.354 e. The molecule has 0 radical (unpaired) electrons. The summed E-state index contributed by atoms with van der Waals surface area (Å²) in [6.07, 6.45) is 0.702. The van der Waals surface area contributed by atoms with Gasteiger partial charge in [-0.1, -0.05) is 20.8 Å². The zero-order valence-corrected chi connectivity index (χ0v) is 11.3. The maximum absolute atomic E-state index is 11.8. The Morgan fingerprint density at radius 3 is 2.18 bits per heavy atom. The topological polar surface area (TPSA) is 84.2 Å². The number of nitrogens with two attached hydrogens (primary N) is 1. The summed E-state index contributed by atoms with van der Waals surface area (Å²) in [5, 5.41) is 5.53. The van der Waals surface area contributed by atoms with Gasteiger partial charge in [0.2, 0.25) is 11.8 Å². The molecule has 0 aromatic rings. The van der Waals surface area contributed by atoms with Crippen molar-refractivity contribution >= 4 is 11.8 Å². The second-order valence-electron chi connectivity index (χ2n) is 4.82. The van der Waals surface area contributed by atoms with Gasteiger partial charge in [-0.25, -0.2) is 0 Å². The predicted octanol–water partition coefficient (Wildman–Crippen LogP) is 0.250. The highest BCUT2D eigenvalue weighted by Gasteiger charge is 2.28. The zero-order valence-electron chi connectivity index (χ0n) is 11.3. The molecule has 0 fully saturated rings. The number of nitrogens with one attached hydrogen (secondary N) is 2. The maximum Gasteiger partial charge on any atom is 0.227 e. The highest BCUT2D eigenvalue weighted by molar-refractivity contribution is 5.82. The van der Waals surface area contributed by atoms with Crippen molar-refractivity contribution in [2.45, 2.75) is 34.1 Å². The van der Waals surface area contributed by atoms with E-state index in [0.717, 1.165) is 0 Å². The molecule has 0 heterocycles. The summed E-state index contributed by atoms with van der Waals surface area (Å²) in [5.74, 6) is -0.0896. The molecule has 1 atom stereocenters. The molecular formula is C12H25N3O2. The lowest BCUT2D eigenvalue weighted by molar-refractivity contribution is -0.130. The fourth-order valence-corrected chi connectivity index (χ4v) is 1.18.